The predicted molar refractivity (Wildman–Crippen MR) is 106 cm³/mol. The van der Waals surface area contributed by atoms with Crippen molar-refractivity contribution in [1.82, 2.24) is 5.16 Å². The lowest BCUT2D eigenvalue weighted by molar-refractivity contribution is -0.146. The van der Waals surface area contributed by atoms with Crippen molar-refractivity contribution < 1.29 is 23.5 Å². The van der Waals surface area contributed by atoms with E-state index in [1.54, 1.807) is 28.1 Å². The predicted octanol–water partition coefficient (Wildman–Crippen LogP) is 4.48. The van der Waals surface area contributed by atoms with Gasteiger partial charge in [0.2, 0.25) is 0 Å². The Kier molecular flexibility index (Phi) is 5.40. The molecule has 0 amide bonds. The molecule has 6 nitrogen and oxygen atoms in total. The molecule has 0 bridgehead atoms. The van der Waals surface area contributed by atoms with Gasteiger partial charge in [-0.25, -0.2) is 0 Å². The monoisotopic (exact) mass is 381 g/mol. The maximum Gasteiger partial charge on any atom is 0.319 e. The minimum Gasteiger partial charge on any atom is -0.497 e. The molecule has 3 aromatic rings. The number of nitrogens with zero attached hydrogens (tertiary/aromatic N) is 1. The zero-order valence-electron chi connectivity index (χ0n) is 16.6. The van der Waals surface area contributed by atoms with Gasteiger partial charge in [0.05, 0.1) is 26.9 Å². The van der Waals surface area contributed by atoms with Gasteiger partial charge in [-0.3, -0.25) is 4.79 Å². The second-order valence-corrected chi connectivity index (χ2v) is 6.81. The number of esters is 1. The quantitative estimate of drug-likeness (QED) is 0.587. The molecule has 0 spiro atoms. The molecule has 2 aromatic carbocycles. The van der Waals surface area contributed by atoms with Crippen molar-refractivity contribution >= 4 is 5.97 Å². The van der Waals surface area contributed by atoms with E-state index in [2.05, 4.69) is 5.16 Å². The summed E-state index contributed by atoms with van der Waals surface area (Å²) in [4.78, 5) is 12.4. The zero-order valence-corrected chi connectivity index (χ0v) is 16.6. The summed E-state index contributed by atoms with van der Waals surface area (Å²) >= 11 is 0. The number of benzene rings is 2. The molecule has 1 aromatic heterocycles. The molecule has 0 aliphatic carbocycles. The van der Waals surface area contributed by atoms with E-state index >= 15 is 0 Å². The highest BCUT2D eigenvalue weighted by atomic mass is 16.5. The van der Waals surface area contributed by atoms with Crippen molar-refractivity contribution in [2.45, 2.75) is 19.3 Å². The molecule has 0 N–H and O–H groups in total. The average molecular weight is 381 g/mol. The van der Waals surface area contributed by atoms with Gasteiger partial charge in [-0.05, 0) is 55.8 Å². The first kappa shape index (κ1) is 19.5. The molecular weight excluding hydrogens is 358 g/mol. The Morgan fingerprint density at radius 2 is 1.36 bits per heavy atom. The first-order valence-corrected chi connectivity index (χ1v) is 8.79. The van der Waals surface area contributed by atoms with E-state index in [-0.39, 0.29) is 0 Å². The van der Waals surface area contributed by atoms with Gasteiger partial charge in [-0.2, -0.15) is 0 Å². The van der Waals surface area contributed by atoms with Crippen LogP contribution in [0.25, 0.3) is 22.4 Å². The summed E-state index contributed by atoms with van der Waals surface area (Å²) in [6, 6.07) is 15.0. The fourth-order valence-electron chi connectivity index (χ4n) is 3.04. The topological polar surface area (TPSA) is 70.8 Å². The lowest BCUT2D eigenvalue weighted by atomic mass is 9.84. The van der Waals surface area contributed by atoms with Gasteiger partial charge < -0.3 is 18.7 Å². The molecule has 0 fully saturated rings. The first-order chi connectivity index (χ1) is 13.4. The van der Waals surface area contributed by atoms with Crippen LogP contribution in [0, 0.1) is 0 Å². The van der Waals surface area contributed by atoms with Gasteiger partial charge in [-0.1, -0.05) is 17.3 Å². The smallest absolute Gasteiger partial charge is 0.319 e. The Hall–Kier alpha value is -3.28. The van der Waals surface area contributed by atoms with E-state index in [0.29, 0.717) is 11.5 Å². The van der Waals surface area contributed by atoms with Crippen LogP contribution in [-0.2, 0) is 14.9 Å². The first-order valence-electron chi connectivity index (χ1n) is 8.79. The van der Waals surface area contributed by atoms with Crippen LogP contribution >= 0.6 is 0 Å². The molecule has 1 heterocycles. The van der Waals surface area contributed by atoms with Crippen LogP contribution in [-0.4, -0.2) is 32.5 Å². The minimum absolute atomic E-state index is 0.403. The lowest BCUT2D eigenvalue weighted by Crippen LogP contribution is -2.30. The molecule has 0 atom stereocenters. The molecule has 0 unspecified atom stereocenters. The van der Waals surface area contributed by atoms with Crippen molar-refractivity contribution in [1.29, 1.82) is 0 Å². The van der Waals surface area contributed by atoms with E-state index in [9.17, 15) is 4.79 Å². The van der Waals surface area contributed by atoms with Gasteiger partial charge in [0.1, 0.15) is 22.6 Å². The molecule has 146 valence electrons. The van der Waals surface area contributed by atoms with Gasteiger partial charge in [0, 0.05) is 5.56 Å². The van der Waals surface area contributed by atoms with Crippen LogP contribution in [0.4, 0.5) is 0 Å². The fourth-order valence-corrected chi connectivity index (χ4v) is 3.04. The summed E-state index contributed by atoms with van der Waals surface area (Å²) in [5.74, 6) is 1.52. The normalized spacial score (nSPS) is 11.2. The van der Waals surface area contributed by atoms with Gasteiger partial charge in [0.15, 0.2) is 5.76 Å². The lowest BCUT2D eigenvalue weighted by Gasteiger charge is -2.20. The summed E-state index contributed by atoms with van der Waals surface area (Å²) in [7, 11) is 4.59. The molecule has 0 aliphatic heterocycles. The molecule has 28 heavy (non-hydrogen) atoms. The highest BCUT2D eigenvalue weighted by molar-refractivity contribution is 5.89. The summed E-state index contributed by atoms with van der Waals surface area (Å²) < 4.78 is 21.2. The molecule has 6 heteroatoms. The average Bonchev–Trinajstić information content (AvgIpc) is 3.19. The van der Waals surface area contributed by atoms with Gasteiger partial charge in [0.25, 0.3) is 0 Å². The molecular formula is C22H23NO5. The standard InChI is InChI=1S/C22H23NO5/c1-22(2,21(24)27-5)20-18(14-6-10-16(25-3)11-7-14)19(23-28-20)15-8-12-17(26-4)13-9-15/h6-13H,1-5H3. The van der Waals surface area contributed by atoms with E-state index in [1.807, 2.05) is 48.5 Å². The highest BCUT2D eigenvalue weighted by Gasteiger charge is 2.39. The molecule has 0 saturated carbocycles. The second-order valence-electron chi connectivity index (χ2n) is 6.81. The van der Waals surface area contributed by atoms with Crippen molar-refractivity contribution in [3.63, 3.8) is 0 Å². The Bertz CT molecular complexity index is 956. The SMILES string of the molecule is COC(=O)C(C)(C)c1onc(-c2ccc(OC)cc2)c1-c1ccc(OC)cc1. The third-order valence-electron chi connectivity index (χ3n) is 4.70. The number of aromatic nitrogens is 1. The Balaban J connectivity index is 2.20. The molecule has 0 saturated heterocycles. The highest BCUT2D eigenvalue weighted by Crippen LogP contribution is 2.41. The Morgan fingerprint density at radius 3 is 1.82 bits per heavy atom. The van der Waals surface area contributed by atoms with Crippen LogP contribution in [0.1, 0.15) is 19.6 Å². The van der Waals surface area contributed by atoms with Gasteiger partial charge in [-0.15, -0.1) is 0 Å². The minimum atomic E-state index is -1.01. The third-order valence-corrected chi connectivity index (χ3v) is 4.70. The summed E-state index contributed by atoms with van der Waals surface area (Å²) in [5, 5.41) is 4.29. The number of ether oxygens (including phenoxy) is 3. The Labute approximate surface area is 164 Å². The van der Waals surface area contributed by atoms with E-state index in [1.165, 1.54) is 7.11 Å². The molecule has 3 rings (SSSR count). The fraction of sp³-hybridized carbons (Fsp3) is 0.273. The van der Waals surface area contributed by atoms with Crippen LogP contribution in [0.15, 0.2) is 53.1 Å². The summed E-state index contributed by atoms with van der Waals surface area (Å²) in [5.41, 5.74) is 2.08. The van der Waals surface area contributed by atoms with Gasteiger partial charge >= 0.3 is 5.97 Å². The van der Waals surface area contributed by atoms with Crippen molar-refractivity contribution in [2.75, 3.05) is 21.3 Å². The third kappa shape index (κ3) is 3.45. The van der Waals surface area contributed by atoms with Crippen LogP contribution in [0.2, 0.25) is 0 Å². The molecule has 0 aliphatic rings. The summed E-state index contributed by atoms with van der Waals surface area (Å²) in [6.07, 6.45) is 0. The maximum atomic E-state index is 12.4. The number of carbonyl (C=O) groups excluding carboxylic acids is 1. The Morgan fingerprint density at radius 1 is 0.857 bits per heavy atom. The number of methoxy groups -OCH3 is 3. The molecule has 0 radical (unpaired) electrons. The number of hydrogen-bond acceptors (Lipinski definition) is 6. The van der Waals surface area contributed by atoms with Crippen molar-refractivity contribution in [3.05, 3.63) is 54.3 Å². The zero-order chi connectivity index (χ0) is 20.3. The van der Waals surface area contributed by atoms with E-state index in [0.717, 1.165) is 28.2 Å². The maximum absolute atomic E-state index is 12.4. The van der Waals surface area contributed by atoms with Crippen molar-refractivity contribution in [2.24, 2.45) is 0 Å². The van der Waals surface area contributed by atoms with Crippen LogP contribution < -0.4 is 9.47 Å². The second kappa shape index (κ2) is 7.76. The largest absolute Gasteiger partial charge is 0.497 e. The van der Waals surface area contributed by atoms with Crippen LogP contribution in [0.5, 0.6) is 11.5 Å². The van der Waals surface area contributed by atoms with Crippen LogP contribution in [0.3, 0.4) is 0 Å². The van der Waals surface area contributed by atoms with Crippen molar-refractivity contribution in [3.8, 4) is 33.9 Å². The number of hydrogen-bond donors (Lipinski definition) is 0. The van der Waals surface area contributed by atoms with E-state index in [4.69, 9.17) is 18.7 Å². The van der Waals surface area contributed by atoms with E-state index < -0.39 is 11.4 Å². The number of rotatable bonds is 6. The number of carbonyl (C=O) groups is 1. The summed E-state index contributed by atoms with van der Waals surface area (Å²) in [6.45, 7) is 3.51.